The van der Waals surface area contributed by atoms with Crippen molar-refractivity contribution in [3.8, 4) is 6.07 Å². The predicted molar refractivity (Wildman–Crippen MR) is 63.6 cm³/mol. The maximum absolute atomic E-state index is 11.8. The summed E-state index contributed by atoms with van der Waals surface area (Å²) in [4.78, 5) is 11.8. The first-order chi connectivity index (χ1) is 8.24. The fourth-order valence-electron chi connectivity index (χ4n) is 1.27. The first kappa shape index (κ1) is 11.4. The second-order valence-corrected chi connectivity index (χ2v) is 4.12. The van der Waals surface area contributed by atoms with Crippen LogP contribution in [0.3, 0.4) is 0 Å². The highest BCUT2D eigenvalue weighted by Crippen LogP contribution is 2.23. The summed E-state index contributed by atoms with van der Waals surface area (Å²) in [5.41, 5.74) is 5.82. The number of furan rings is 1. The van der Waals surface area contributed by atoms with Gasteiger partial charge >= 0.3 is 0 Å². The predicted octanol–water partition coefficient (Wildman–Crippen LogP) is 1.92. The van der Waals surface area contributed by atoms with Gasteiger partial charge in [-0.2, -0.15) is 5.26 Å². The molecule has 0 bridgehead atoms. The Morgan fingerprint density at radius 3 is 3.00 bits per heavy atom. The molecule has 17 heavy (non-hydrogen) atoms. The lowest BCUT2D eigenvalue weighted by molar-refractivity contribution is 0.0995. The van der Waals surface area contributed by atoms with Crippen molar-refractivity contribution in [2.24, 2.45) is 5.73 Å². The second kappa shape index (κ2) is 4.82. The minimum Gasteiger partial charge on any atom is -0.455 e. The summed E-state index contributed by atoms with van der Waals surface area (Å²) in [7, 11) is 0. The fourth-order valence-corrected chi connectivity index (χ4v) is 2.00. The molecule has 0 radical (unpaired) electrons. The van der Waals surface area contributed by atoms with Crippen molar-refractivity contribution >= 4 is 22.2 Å². The number of nitrogens with one attached hydrogen (secondary N) is 1. The SMILES string of the molecule is N#Cc1ccsc1NC(=O)c1ccc(CN)o1. The third-order valence-electron chi connectivity index (χ3n) is 2.10. The van der Waals surface area contributed by atoms with Crippen LogP contribution in [0, 0.1) is 11.3 Å². The number of carbonyl (C=O) groups excluding carboxylic acids is 1. The van der Waals surface area contributed by atoms with E-state index in [0.29, 0.717) is 16.3 Å². The van der Waals surface area contributed by atoms with E-state index < -0.39 is 0 Å². The number of anilines is 1. The van der Waals surface area contributed by atoms with Gasteiger partial charge in [0, 0.05) is 0 Å². The quantitative estimate of drug-likeness (QED) is 0.866. The van der Waals surface area contributed by atoms with Crippen molar-refractivity contribution in [1.29, 1.82) is 5.26 Å². The van der Waals surface area contributed by atoms with E-state index in [9.17, 15) is 4.79 Å². The Hall–Kier alpha value is -2.10. The largest absolute Gasteiger partial charge is 0.455 e. The van der Waals surface area contributed by atoms with E-state index in [1.165, 1.54) is 11.3 Å². The van der Waals surface area contributed by atoms with Crippen molar-refractivity contribution in [3.05, 3.63) is 40.7 Å². The first-order valence-corrected chi connectivity index (χ1v) is 5.70. The number of nitriles is 1. The minimum atomic E-state index is -0.386. The first-order valence-electron chi connectivity index (χ1n) is 4.82. The molecule has 0 aromatic carbocycles. The summed E-state index contributed by atoms with van der Waals surface area (Å²) >= 11 is 1.29. The maximum atomic E-state index is 11.8. The monoisotopic (exact) mass is 247 g/mol. The van der Waals surface area contributed by atoms with E-state index in [0.717, 1.165) is 0 Å². The summed E-state index contributed by atoms with van der Waals surface area (Å²) in [6.07, 6.45) is 0. The lowest BCUT2D eigenvalue weighted by Crippen LogP contribution is -2.10. The van der Waals surface area contributed by atoms with Gasteiger partial charge in [-0.1, -0.05) is 0 Å². The number of rotatable bonds is 3. The van der Waals surface area contributed by atoms with Crippen LogP contribution in [0.5, 0.6) is 0 Å². The molecular formula is C11H9N3O2S. The summed E-state index contributed by atoms with van der Waals surface area (Å²) in [6.45, 7) is 0.246. The topological polar surface area (TPSA) is 92.0 Å². The molecule has 0 atom stereocenters. The highest BCUT2D eigenvalue weighted by atomic mass is 32.1. The Labute approximate surface area is 101 Å². The van der Waals surface area contributed by atoms with Crippen LogP contribution in [0.4, 0.5) is 5.00 Å². The molecule has 0 aliphatic rings. The van der Waals surface area contributed by atoms with Crippen molar-refractivity contribution in [2.75, 3.05) is 5.32 Å². The Morgan fingerprint density at radius 1 is 1.53 bits per heavy atom. The van der Waals surface area contributed by atoms with Crippen LogP contribution in [0.15, 0.2) is 28.0 Å². The van der Waals surface area contributed by atoms with Crippen LogP contribution in [0.1, 0.15) is 21.9 Å². The smallest absolute Gasteiger partial charge is 0.292 e. The summed E-state index contributed by atoms with van der Waals surface area (Å²) < 4.78 is 5.20. The Bertz CT molecular complexity index is 580. The Kier molecular flexibility index (Phi) is 3.23. The molecular weight excluding hydrogens is 238 g/mol. The Morgan fingerprint density at radius 2 is 2.35 bits per heavy atom. The van der Waals surface area contributed by atoms with E-state index in [4.69, 9.17) is 15.4 Å². The lowest BCUT2D eigenvalue weighted by Gasteiger charge is -1.99. The lowest BCUT2D eigenvalue weighted by atomic mass is 10.3. The molecule has 1 amide bonds. The van der Waals surface area contributed by atoms with E-state index in [-0.39, 0.29) is 18.2 Å². The average Bonchev–Trinajstić information content (AvgIpc) is 2.96. The number of hydrogen-bond acceptors (Lipinski definition) is 5. The van der Waals surface area contributed by atoms with Gasteiger partial charge in [-0.15, -0.1) is 11.3 Å². The van der Waals surface area contributed by atoms with Gasteiger partial charge in [0.05, 0.1) is 12.1 Å². The van der Waals surface area contributed by atoms with Crippen LogP contribution in [-0.2, 0) is 6.54 Å². The van der Waals surface area contributed by atoms with Crippen LogP contribution in [-0.4, -0.2) is 5.91 Å². The molecule has 0 aliphatic carbocycles. The van der Waals surface area contributed by atoms with Gasteiger partial charge in [-0.05, 0) is 23.6 Å². The molecule has 5 nitrogen and oxygen atoms in total. The molecule has 0 aliphatic heterocycles. The van der Waals surface area contributed by atoms with Crippen molar-refractivity contribution in [2.45, 2.75) is 6.54 Å². The molecule has 2 rings (SSSR count). The zero-order valence-corrected chi connectivity index (χ0v) is 9.58. The van der Waals surface area contributed by atoms with Crippen LogP contribution >= 0.6 is 11.3 Å². The fraction of sp³-hybridized carbons (Fsp3) is 0.0909. The molecule has 86 valence electrons. The van der Waals surface area contributed by atoms with Gasteiger partial charge in [-0.3, -0.25) is 4.79 Å². The molecule has 0 fully saturated rings. The third-order valence-corrected chi connectivity index (χ3v) is 2.93. The summed E-state index contributed by atoms with van der Waals surface area (Å²) in [5.74, 6) is 0.341. The zero-order valence-electron chi connectivity index (χ0n) is 8.77. The van der Waals surface area contributed by atoms with Crippen molar-refractivity contribution < 1.29 is 9.21 Å². The van der Waals surface area contributed by atoms with Crippen LogP contribution in [0.25, 0.3) is 0 Å². The van der Waals surface area contributed by atoms with Crippen molar-refractivity contribution in [1.82, 2.24) is 0 Å². The van der Waals surface area contributed by atoms with Gasteiger partial charge in [-0.25, -0.2) is 0 Å². The molecule has 0 spiro atoms. The molecule has 2 aromatic heterocycles. The van der Waals surface area contributed by atoms with Gasteiger partial charge < -0.3 is 15.5 Å². The third kappa shape index (κ3) is 2.36. The standard InChI is InChI=1S/C11H9N3O2S/c12-5-7-3-4-17-11(7)14-10(15)9-2-1-8(6-13)16-9/h1-4H,6,13H2,(H,14,15). The molecule has 3 N–H and O–H groups in total. The van der Waals surface area contributed by atoms with Gasteiger partial charge in [0.15, 0.2) is 5.76 Å². The van der Waals surface area contributed by atoms with E-state index >= 15 is 0 Å². The number of thiophene rings is 1. The number of amides is 1. The highest BCUT2D eigenvalue weighted by molar-refractivity contribution is 7.14. The van der Waals surface area contributed by atoms with Gasteiger partial charge in [0.2, 0.25) is 0 Å². The second-order valence-electron chi connectivity index (χ2n) is 3.20. The van der Waals surface area contributed by atoms with Gasteiger partial charge in [0.25, 0.3) is 5.91 Å². The van der Waals surface area contributed by atoms with E-state index in [1.54, 1.807) is 23.6 Å². The molecule has 6 heteroatoms. The number of nitrogens with two attached hydrogens (primary N) is 1. The Balaban J connectivity index is 2.15. The molecule has 2 aromatic rings. The average molecular weight is 247 g/mol. The van der Waals surface area contributed by atoms with Gasteiger partial charge in [0.1, 0.15) is 16.8 Å². The van der Waals surface area contributed by atoms with E-state index in [2.05, 4.69) is 5.32 Å². The summed E-state index contributed by atoms with van der Waals surface area (Å²) in [6, 6.07) is 6.84. The maximum Gasteiger partial charge on any atom is 0.292 e. The zero-order chi connectivity index (χ0) is 12.3. The summed E-state index contributed by atoms with van der Waals surface area (Å²) in [5, 5.41) is 13.7. The van der Waals surface area contributed by atoms with Crippen molar-refractivity contribution in [3.63, 3.8) is 0 Å². The number of nitrogens with zero attached hydrogens (tertiary/aromatic N) is 1. The molecule has 2 heterocycles. The van der Waals surface area contributed by atoms with Crippen LogP contribution in [0.2, 0.25) is 0 Å². The highest BCUT2D eigenvalue weighted by Gasteiger charge is 2.13. The normalized spacial score (nSPS) is 9.88. The molecule has 0 saturated heterocycles. The molecule has 0 unspecified atom stereocenters. The number of hydrogen-bond donors (Lipinski definition) is 2. The minimum absolute atomic E-state index is 0.183. The molecule has 0 saturated carbocycles. The van der Waals surface area contributed by atoms with E-state index in [1.807, 2.05) is 6.07 Å². The number of carbonyl (C=O) groups is 1. The van der Waals surface area contributed by atoms with Crippen LogP contribution < -0.4 is 11.1 Å².